The molecule has 1 fully saturated rings. The number of hydrogen-bond donors (Lipinski definition) is 3. The lowest BCUT2D eigenvalue weighted by molar-refractivity contribution is 0.196. The van der Waals surface area contributed by atoms with Crippen LogP contribution in [0.15, 0.2) is 39.9 Å². The maximum atomic E-state index is 13.2. The molecule has 0 amide bonds. The van der Waals surface area contributed by atoms with Crippen LogP contribution in [-0.2, 0) is 10.0 Å². The summed E-state index contributed by atoms with van der Waals surface area (Å²) < 4.78 is 36.5. The molecule has 190 valence electrons. The Kier molecular flexibility index (Phi) is 7.67. The van der Waals surface area contributed by atoms with E-state index in [0.717, 1.165) is 35.2 Å². The first-order chi connectivity index (χ1) is 16.6. The first-order valence-corrected chi connectivity index (χ1v) is 14.6. The summed E-state index contributed by atoms with van der Waals surface area (Å²) in [5.41, 5.74) is 1.30. The molecule has 0 aliphatic carbocycles. The Labute approximate surface area is 215 Å². The molecule has 3 N–H and O–H groups in total. The average molecular weight is 537 g/mol. The third kappa shape index (κ3) is 5.61. The van der Waals surface area contributed by atoms with E-state index in [1.54, 1.807) is 5.38 Å². The summed E-state index contributed by atoms with van der Waals surface area (Å²) in [6.07, 6.45) is 0. The van der Waals surface area contributed by atoms with Crippen molar-refractivity contribution in [2.24, 2.45) is 5.41 Å². The summed E-state index contributed by atoms with van der Waals surface area (Å²) in [7, 11) is -3.78. The van der Waals surface area contributed by atoms with Crippen LogP contribution in [0.1, 0.15) is 39.3 Å². The summed E-state index contributed by atoms with van der Waals surface area (Å²) in [5, 5.41) is 19.0. The molecule has 12 heteroatoms. The largest absolute Gasteiger partial charge is 0.504 e. The second-order valence-corrected chi connectivity index (χ2v) is 13.1. The van der Waals surface area contributed by atoms with Crippen LogP contribution in [0, 0.1) is 5.41 Å². The highest BCUT2D eigenvalue weighted by atomic mass is 32.2. The molecule has 0 spiro atoms. The maximum absolute atomic E-state index is 13.2. The Hall–Kier alpha value is -2.25. The molecule has 0 radical (unpaired) electrons. The van der Waals surface area contributed by atoms with Crippen molar-refractivity contribution in [1.82, 2.24) is 18.0 Å². The van der Waals surface area contributed by atoms with Gasteiger partial charge in [-0.3, -0.25) is 0 Å². The number of hydrogen-bond acceptors (Lipinski definition) is 10. The second-order valence-electron chi connectivity index (χ2n) is 9.56. The van der Waals surface area contributed by atoms with E-state index in [1.165, 1.54) is 4.31 Å². The molecule has 1 saturated heterocycles. The summed E-state index contributed by atoms with van der Waals surface area (Å²) in [5.74, 6) is 0.695. The fourth-order valence-electron chi connectivity index (χ4n) is 4.08. The summed E-state index contributed by atoms with van der Waals surface area (Å²) in [4.78, 5) is 2.21. The van der Waals surface area contributed by atoms with Crippen LogP contribution in [0.4, 0.5) is 17.3 Å². The Bertz CT molecular complexity index is 1230. The zero-order valence-electron chi connectivity index (χ0n) is 20.4. The molecule has 35 heavy (non-hydrogen) atoms. The quantitative estimate of drug-likeness (QED) is 0.384. The Morgan fingerprint density at radius 1 is 1.09 bits per heavy atom. The zero-order valence-corrected chi connectivity index (χ0v) is 22.8. The molecule has 1 aliphatic rings. The first-order valence-electron chi connectivity index (χ1n) is 11.5. The summed E-state index contributed by atoms with van der Waals surface area (Å²) >= 11 is 2.05. The smallest absolute Gasteiger partial charge is 0.256 e. The highest BCUT2D eigenvalue weighted by Crippen LogP contribution is 2.42. The fourth-order valence-corrected chi connectivity index (χ4v) is 7.36. The lowest BCUT2D eigenvalue weighted by Gasteiger charge is -2.32. The van der Waals surface area contributed by atoms with Gasteiger partial charge in [0.25, 0.3) is 10.0 Å². The van der Waals surface area contributed by atoms with E-state index in [-0.39, 0.29) is 21.4 Å². The van der Waals surface area contributed by atoms with E-state index < -0.39 is 10.0 Å². The molecular formula is C23H32N6O3S3. The minimum absolute atomic E-state index is 0.0399. The van der Waals surface area contributed by atoms with Crippen molar-refractivity contribution < 1.29 is 13.5 Å². The van der Waals surface area contributed by atoms with Gasteiger partial charge in [-0.05, 0) is 17.5 Å². The molecular weight excluding hydrogens is 504 g/mol. The van der Waals surface area contributed by atoms with Gasteiger partial charge < -0.3 is 20.6 Å². The number of nitrogens with zero attached hydrogens (tertiary/aromatic N) is 4. The van der Waals surface area contributed by atoms with Gasteiger partial charge in [0.1, 0.15) is 0 Å². The number of sulfonamides is 1. The van der Waals surface area contributed by atoms with Crippen LogP contribution in [-0.4, -0.2) is 64.2 Å². The van der Waals surface area contributed by atoms with Crippen molar-refractivity contribution in [3.05, 3.63) is 41.3 Å². The number of nitrogens with one attached hydrogen (secondary N) is 2. The summed E-state index contributed by atoms with van der Waals surface area (Å²) in [6, 6.07) is 10.1. The number of anilines is 3. The van der Waals surface area contributed by atoms with E-state index in [1.807, 2.05) is 18.2 Å². The maximum Gasteiger partial charge on any atom is 0.256 e. The molecule has 1 aliphatic heterocycles. The first kappa shape index (κ1) is 25.8. The van der Waals surface area contributed by atoms with E-state index in [0.29, 0.717) is 43.5 Å². The number of aromatic nitrogens is 2. The van der Waals surface area contributed by atoms with Crippen molar-refractivity contribution in [2.45, 2.75) is 37.9 Å². The lowest BCUT2D eigenvalue weighted by atomic mass is 9.82. The van der Waals surface area contributed by atoms with Crippen molar-refractivity contribution in [2.75, 3.05) is 43.4 Å². The molecule has 3 heterocycles. The number of piperazine rings is 1. The topological polar surface area (TPSA) is 111 Å². The predicted octanol–water partition coefficient (Wildman–Crippen LogP) is 4.57. The summed E-state index contributed by atoms with van der Waals surface area (Å²) in [6.45, 7) is 11.6. The van der Waals surface area contributed by atoms with Crippen molar-refractivity contribution >= 4 is 50.4 Å². The second kappa shape index (κ2) is 10.4. The van der Waals surface area contributed by atoms with Crippen LogP contribution in [0.3, 0.4) is 0 Å². The van der Waals surface area contributed by atoms with Gasteiger partial charge in [0.15, 0.2) is 21.6 Å². The minimum Gasteiger partial charge on any atom is -0.504 e. The molecule has 0 unspecified atom stereocenters. The van der Waals surface area contributed by atoms with Crippen molar-refractivity contribution in [3.63, 3.8) is 0 Å². The normalized spacial score (nSPS) is 16.8. The average Bonchev–Trinajstić information content (AvgIpc) is 3.44. The predicted molar refractivity (Wildman–Crippen MR) is 142 cm³/mol. The molecule has 9 nitrogen and oxygen atoms in total. The number of rotatable bonds is 8. The number of benzene rings is 1. The van der Waals surface area contributed by atoms with Gasteiger partial charge in [0.05, 0.1) is 23.5 Å². The Morgan fingerprint density at radius 3 is 2.37 bits per heavy atom. The third-order valence-electron chi connectivity index (χ3n) is 6.11. The molecule has 3 aromatic rings. The van der Waals surface area contributed by atoms with Gasteiger partial charge in [0.2, 0.25) is 0 Å². The molecule has 0 bridgehead atoms. The molecule has 1 atom stereocenters. The highest BCUT2D eigenvalue weighted by molar-refractivity contribution is 7.91. The van der Waals surface area contributed by atoms with Crippen LogP contribution >= 0.6 is 23.1 Å². The molecule has 4 rings (SSSR count). The lowest BCUT2D eigenvalue weighted by Crippen LogP contribution is -2.48. The monoisotopic (exact) mass is 536 g/mol. The number of thiophene rings is 1. The standard InChI is InChI=1S/C23H32N6O3S3/c1-5-28-11-13-29(14-12-28)35(31,32)22-18(30)17(15-33-22)24-20-21(27-34-26-20)25-19(23(2,3)4)16-9-7-6-8-10-16/h6-10,15,19,30H,5,11-14H2,1-4H3,(H,24,26)(H,25,27)/t19-/m0/s1. The van der Waals surface area contributed by atoms with Crippen LogP contribution in [0.2, 0.25) is 0 Å². The van der Waals surface area contributed by atoms with E-state index in [9.17, 15) is 13.5 Å². The van der Waals surface area contributed by atoms with Gasteiger partial charge >= 0.3 is 0 Å². The Morgan fingerprint density at radius 2 is 1.74 bits per heavy atom. The van der Waals surface area contributed by atoms with Gasteiger partial charge in [-0.2, -0.15) is 13.1 Å². The molecule has 0 saturated carbocycles. The molecule has 2 aromatic heterocycles. The van der Waals surface area contributed by atoms with Gasteiger partial charge in [-0.25, -0.2) is 8.42 Å². The van der Waals surface area contributed by atoms with Gasteiger partial charge in [0, 0.05) is 31.6 Å². The van der Waals surface area contributed by atoms with E-state index in [2.05, 4.69) is 64.1 Å². The zero-order chi connectivity index (χ0) is 25.2. The van der Waals surface area contributed by atoms with Gasteiger partial charge in [-0.15, -0.1) is 11.3 Å². The Balaban J connectivity index is 1.54. The van der Waals surface area contributed by atoms with Crippen LogP contribution in [0.5, 0.6) is 5.75 Å². The fraction of sp³-hybridized carbons (Fsp3) is 0.478. The van der Waals surface area contributed by atoms with Gasteiger partial charge in [-0.1, -0.05) is 58.0 Å². The minimum atomic E-state index is -3.78. The van der Waals surface area contributed by atoms with E-state index >= 15 is 0 Å². The number of aromatic hydroxyl groups is 1. The third-order valence-corrected chi connectivity index (χ3v) is 10.0. The number of likely N-dealkylation sites (N-methyl/N-ethyl adjacent to an activating group) is 1. The van der Waals surface area contributed by atoms with Crippen molar-refractivity contribution in [3.8, 4) is 5.75 Å². The highest BCUT2D eigenvalue weighted by Gasteiger charge is 2.33. The SMILES string of the molecule is CCN1CCN(S(=O)(=O)c2scc(Nc3nsnc3N[C@@H](c3ccccc3)C(C)(C)C)c2O)CC1. The molecule has 1 aromatic carbocycles. The van der Waals surface area contributed by atoms with E-state index in [4.69, 9.17) is 0 Å². The van der Waals surface area contributed by atoms with Crippen LogP contribution < -0.4 is 10.6 Å². The van der Waals surface area contributed by atoms with Crippen molar-refractivity contribution in [1.29, 1.82) is 0 Å². The van der Waals surface area contributed by atoms with Crippen LogP contribution in [0.25, 0.3) is 0 Å².